The smallest absolute Gasteiger partial charge is 0.123 e. The van der Waals surface area contributed by atoms with E-state index >= 15 is 0 Å². The van der Waals surface area contributed by atoms with Crippen LogP contribution in [0.5, 0.6) is 0 Å². The molecule has 2 rings (SSSR count). The van der Waals surface area contributed by atoms with E-state index in [0.29, 0.717) is 18.3 Å². The molecule has 1 aromatic carbocycles. The fourth-order valence-electron chi connectivity index (χ4n) is 3.82. The molecule has 3 unspecified atom stereocenters. The first kappa shape index (κ1) is 14.5. The third-order valence-corrected chi connectivity index (χ3v) is 4.72. The van der Waals surface area contributed by atoms with Crippen molar-refractivity contribution in [2.45, 2.75) is 52.1 Å². The summed E-state index contributed by atoms with van der Waals surface area (Å²) in [6, 6.07) is 6.48. The van der Waals surface area contributed by atoms with Crippen LogP contribution in [0.15, 0.2) is 24.3 Å². The molecule has 0 bridgehead atoms. The lowest BCUT2D eigenvalue weighted by atomic mass is 9.66. The monoisotopic (exact) mass is 264 g/mol. The maximum atomic E-state index is 13.4. The third kappa shape index (κ3) is 3.00. The van der Waals surface area contributed by atoms with E-state index in [1.807, 2.05) is 13.0 Å². The Bertz CT molecular complexity index is 421. The summed E-state index contributed by atoms with van der Waals surface area (Å²) in [7, 11) is 0. The summed E-state index contributed by atoms with van der Waals surface area (Å²) < 4.78 is 13.4. The van der Waals surface area contributed by atoms with Crippen LogP contribution in [0.3, 0.4) is 0 Å². The number of rotatable bonds is 3. The zero-order chi connectivity index (χ0) is 14.0. The first-order valence-electron chi connectivity index (χ1n) is 7.44. The predicted molar refractivity (Wildman–Crippen MR) is 76.3 cm³/mol. The largest absolute Gasteiger partial charge is 0.385 e. The Morgan fingerprint density at radius 1 is 1.21 bits per heavy atom. The molecular formula is C17H25FO. The summed E-state index contributed by atoms with van der Waals surface area (Å²) >= 11 is 0. The van der Waals surface area contributed by atoms with Crippen molar-refractivity contribution in [1.82, 2.24) is 0 Å². The van der Waals surface area contributed by atoms with Crippen LogP contribution in [0.2, 0.25) is 0 Å². The molecule has 0 radical (unpaired) electrons. The number of hydrogen-bond acceptors (Lipinski definition) is 1. The van der Waals surface area contributed by atoms with E-state index in [4.69, 9.17) is 0 Å². The van der Waals surface area contributed by atoms with Crippen molar-refractivity contribution < 1.29 is 9.50 Å². The molecule has 0 spiro atoms. The van der Waals surface area contributed by atoms with Gasteiger partial charge in [0, 0.05) is 0 Å². The van der Waals surface area contributed by atoms with Crippen molar-refractivity contribution in [2.75, 3.05) is 0 Å². The molecule has 0 aromatic heterocycles. The maximum absolute atomic E-state index is 13.4. The second-order valence-electron chi connectivity index (χ2n) is 6.40. The molecule has 0 saturated heterocycles. The Hall–Kier alpha value is -0.890. The number of benzene rings is 1. The molecule has 0 amide bonds. The average molecular weight is 264 g/mol. The zero-order valence-electron chi connectivity index (χ0n) is 12.2. The van der Waals surface area contributed by atoms with Gasteiger partial charge in [-0.2, -0.15) is 0 Å². The molecule has 1 aromatic rings. The van der Waals surface area contributed by atoms with Gasteiger partial charge in [-0.25, -0.2) is 4.39 Å². The quantitative estimate of drug-likeness (QED) is 0.852. The number of hydrogen-bond donors (Lipinski definition) is 1. The average Bonchev–Trinajstić information content (AvgIpc) is 2.36. The molecule has 2 heteroatoms. The second kappa shape index (κ2) is 5.62. The summed E-state index contributed by atoms with van der Waals surface area (Å²) in [5.74, 6) is 1.25. The fourth-order valence-corrected chi connectivity index (χ4v) is 3.82. The Balaban J connectivity index is 2.31. The Labute approximate surface area is 115 Å². The third-order valence-electron chi connectivity index (χ3n) is 4.72. The molecule has 1 aliphatic carbocycles. The van der Waals surface area contributed by atoms with E-state index in [2.05, 4.69) is 13.8 Å². The molecule has 19 heavy (non-hydrogen) atoms. The number of aliphatic hydroxyl groups is 1. The summed E-state index contributed by atoms with van der Waals surface area (Å²) in [4.78, 5) is 0. The van der Waals surface area contributed by atoms with Crippen LogP contribution >= 0.6 is 0 Å². The highest BCUT2D eigenvalue weighted by Crippen LogP contribution is 2.45. The van der Waals surface area contributed by atoms with Crippen molar-refractivity contribution in [3.8, 4) is 0 Å². The van der Waals surface area contributed by atoms with Gasteiger partial charge in [-0.3, -0.25) is 0 Å². The highest BCUT2D eigenvalue weighted by molar-refractivity contribution is 5.24. The van der Waals surface area contributed by atoms with E-state index in [9.17, 15) is 9.50 Å². The Kier molecular flexibility index (Phi) is 4.29. The molecule has 1 nitrogen and oxygen atoms in total. The first-order valence-corrected chi connectivity index (χ1v) is 7.44. The van der Waals surface area contributed by atoms with E-state index in [-0.39, 0.29) is 11.7 Å². The highest BCUT2D eigenvalue weighted by Gasteiger charge is 2.40. The normalized spacial score (nSPS) is 30.9. The molecule has 1 fully saturated rings. The minimum absolute atomic E-state index is 0.234. The van der Waals surface area contributed by atoms with E-state index in [1.165, 1.54) is 18.6 Å². The van der Waals surface area contributed by atoms with Crippen LogP contribution in [0, 0.1) is 23.6 Å². The Morgan fingerprint density at radius 3 is 2.37 bits per heavy atom. The lowest BCUT2D eigenvalue weighted by Gasteiger charge is -2.42. The zero-order valence-corrected chi connectivity index (χ0v) is 12.2. The van der Waals surface area contributed by atoms with Crippen LogP contribution in [0.25, 0.3) is 0 Å². The van der Waals surface area contributed by atoms with E-state index in [1.54, 1.807) is 6.07 Å². The van der Waals surface area contributed by atoms with Crippen molar-refractivity contribution in [3.05, 3.63) is 35.6 Å². The van der Waals surface area contributed by atoms with Gasteiger partial charge in [-0.1, -0.05) is 32.9 Å². The second-order valence-corrected chi connectivity index (χ2v) is 6.40. The standard InChI is InChI=1S/C17H25FO/c1-4-17(19,14-6-5-7-16(18)11-14)15-9-12(2)8-13(3)10-15/h5-7,11-13,15,19H,4,8-10H2,1-3H3. The van der Waals surface area contributed by atoms with E-state index in [0.717, 1.165) is 18.4 Å². The van der Waals surface area contributed by atoms with Gasteiger partial charge in [0.25, 0.3) is 0 Å². The molecule has 3 atom stereocenters. The van der Waals surface area contributed by atoms with Gasteiger partial charge in [-0.15, -0.1) is 0 Å². The maximum Gasteiger partial charge on any atom is 0.123 e. The van der Waals surface area contributed by atoms with Crippen LogP contribution in [-0.4, -0.2) is 5.11 Å². The van der Waals surface area contributed by atoms with Gasteiger partial charge >= 0.3 is 0 Å². The molecule has 106 valence electrons. The van der Waals surface area contributed by atoms with Crippen molar-refractivity contribution in [1.29, 1.82) is 0 Å². The van der Waals surface area contributed by atoms with Crippen molar-refractivity contribution in [2.24, 2.45) is 17.8 Å². The lowest BCUT2D eigenvalue weighted by Crippen LogP contribution is -2.39. The van der Waals surface area contributed by atoms with Gasteiger partial charge in [0.05, 0.1) is 5.60 Å². The number of halogens is 1. The van der Waals surface area contributed by atoms with Gasteiger partial charge in [0.15, 0.2) is 0 Å². The fraction of sp³-hybridized carbons (Fsp3) is 0.647. The summed E-state index contributed by atoms with van der Waals surface area (Å²) in [6.45, 7) is 6.50. The SMILES string of the molecule is CCC(O)(c1cccc(F)c1)C1CC(C)CC(C)C1. The van der Waals surface area contributed by atoms with Gasteiger partial charge in [-0.05, 0) is 61.1 Å². The van der Waals surface area contributed by atoms with Crippen molar-refractivity contribution in [3.63, 3.8) is 0 Å². The minimum atomic E-state index is -0.884. The molecule has 1 N–H and O–H groups in total. The molecule has 1 saturated carbocycles. The minimum Gasteiger partial charge on any atom is -0.385 e. The molecule has 0 aliphatic heterocycles. The lowest BCUT2D eigenvalue weighted by molar-refractivity contribution is -0.0576. The van der Waals surface area contributed by atoms with Crippen LogP contribution in [-0.2, 0) is 5.60 Å². The highest BCUT2D eigenvalue weighted by atomic mass is 19.1. The first-order chi connectivity index (χ1) is 8.95. The van der Waals surface area contributed by atoms with Gasteiger partial charge in [0.2, 0.25) is 0 Å². The van der Waals surface area contributed by atoms with Gasteiger partial charge in [0.1, 0.15) is 5.82 Å². The van der Waals surface area contributed by atoms with Gasteiger partial charge < -0.3 is 5.11 Å². The van der Waals surface area contributed by atoms with Crippen LogP contribution in [0.1, 0.15) is 52.0 Å². The van der Waals surface area contributed by atoms with Crippen LogP contribution in [0.4, 0.5) is 4.39 Å². The molecular weight excluding hydrogens is 239 g/mol. The Morgan fingerprint density at radius 2 is 1.84 bits per heavy atom. The molecule has 1 aliphatic rings. The summed E-state index contributed by atoms with van der Waals surface area (Å²) in [6.07, 6.45) is 3.94. The van der Waals surface area contributed by atoms with Crippen LogP contribution < -0.4 is 0 Å². The summed E-state index contributed by atoms with van der Waals surface area (Å²) in [5, 5.41) is 11.1. The summed E-state index contributed by atoms with van der Waals surface area (Å²) in [5.41, 5.74) is -0.147. The molecule has 0 heterocycles. The van der Waals surface area contributed by atoms with Crippen molar-refractivity contribution >= 4 is 0 Å². The van der Waals surface area contributed by atoms with E-state index < -0.39 is 5.60 Å². The topological polar surface area (TPSA) is 20.2 Å². The predicted octanol–water partition coefficient (Wildman–Crippen LogP) is 4.50.